The molecule has 1 unspecified atom stereocenters. The number of amides is 3. The van der Waals surface area contributed by atoms with Crippen LogP contribution in [0.2, 0.25) is 0 Å². The summed E-state index contributed by atoms with van der Waals surface area (Å²) in [6.45, 7) is 6.15. The summed E-state index contributed by atoms with van der Waals surface area (Å²) < 4.78 is 0. The van der Waals surface area contributed by atoms with Gasteiger partial charge in [0.1, 0.15) is 0 Å². The summed E-state index contributed by atoms with van der Waals surface area (Å²) in [4.78, 5) is 35.8. The topological polar surface area (TPSA) is 92.5 Å². The molecular weight excluding hydrogens is 258 g/mol. The minimum Gasteiger partial charge on any atom is -0.368 e. The molecule has 1 rings (SSSR count). The number of carbonyl (C=O) groups excluding carboxylic acids is 3. The Morgan fingerprint density at radius 2 is 1.85 bits per heavy atom. The zero-order chi connectivity index (χ0) is 15.3. The van der Waals surface area contributed by atoms with Gasteiger partial charge in [-0.1, -0.05) is 0 Å². The summed E-state index contributed by atoms with van der Waals surface area (Å²) in [7, 11) is 0. The second-order valence-electron chi connectivity index (χ2n) is 5.89. The van der Waals surface area contributed by atoms with Gasteiger partial charge in [0.15, 0.2) is 0 Å². The number of imide groups is 1. The van der Waals surface area contributed by atoms with Gasteiger partial charge in [0.25, 0.3) is 0 Å². The lowest BCUT2D eigenvalue weighted by Crippen LogP contribution is -2.55. The van der Waals surface area contributed by atoms with Crippen molar-refractivity contribution < 1.29 is 14.4 Å². The maximum atomic E-state index is 11.6. The first-order valence-electron chi connectivity index (χ1n) is 7.17. The van der Waals surface area contributed by atoms with Crippen LogP contribution in [-0.2, 0) is 14.4 Å². The highest BCUT2D eigenvalue weighted by Gasteiger charge is 2.32. The van der Waals surface area contributed by atoms with E-state index in [1.165, 1.54) is 4.90 Å². The van der Waals surface area contributed by atoms with E-state index >= 15 is 0 Å². The number of nitrogens with zero attached hydrogens (tertiary/aromatic N) is 1. The minimum absolute atomic E-state index is 0.0898. The van der Waals surface area contributed by atoms with Crippen LogP contribution in [0, 0.1) is 0 Å². The average Bonchev–Trinajstić information content (AvgIpc) is 2.64. The van der Waals surface area contributed by atoms with Gasteiger partial charge in [-0.3, -0.25) is 19.3 Å². The monoisotopic (exact) mass is 283 g/mol. The molecule has 6 heteroatoms. The molecule has 0 bridgehead atoms. The van der Waals surface area contributed by atoms with Gasteiger partial charge in [-0.15, -0.1) is 0 Å². The van der Waals surface area contributed by atoms with Gasteiger partial charge in [-0.05, 0) is 40.0 Å². The molecule has 1 atom stereocenters. The van der Waals surface area contributed by atoms with E-state index in [0.717, 1.165) is 6.42 Å². The maximum Gasteiger partial charge on any atom is 0.237 e. The van der Waals surface area contributed by atoms with Crippen LogP contribution < -0.4 is 11.1 Å². The van der Waals surface area contributed by atoms with Crippen molar-refractivity contribution in [3.8, 4) is 0 Å². The van der Waals surface area contributed by atoms with E-state index in [2.05, 4.69) is 5.32 Å². The third kappa shape index (κ3) is 4.30. The molecule has 0 aromatic carbocycles. The fraction of sp³-hybridized carbons (Fsp3) is 0.786. The first-order chi connectivity index (χ1) is 9.26. The van der Waals surface area contributed by atoms with Gasteiger partial charge in [0.05, 0.1) is 5.54 Å². The number of carbonyl (C=O) groups is 3. The molecule has 6 nitrogen and oxygen atoms in total. The molecule has 0 aromatic rings. The fourth-order valence-corrected chi connectivity index (χ4v) is 2.52. The third-order valence-corrected chi connectivity index (χ3v) is 3.61. The van der Waals surface area contributed by atoms with Crippen molar-refractivity contribution in [1.82, 2.24) is 10.2 Å². The lowest BCUT2D eigenvalue weighted by molar-refractivity contribution is -0.138. The SMILES string of the molecule is CC(C)NC(C)(CCCCN1C(=O)CCC1=O)C(N)=O. The summed E-state index contributed by atoms with van der Waals surface area (Å²) >= 11 is 0. The molecule has 1 aliphatic rings. The van der Waals surface area contributed by atoms with Crippen LogP contribution in [-0.4, -0.2) is 40.7 Å². The van der Waals surface area contributed by atoms with E-state index in [1.54, 1.807) is 6.92 Å². The molecule has 1 fully saturated rings. The predicted octanol–water partition coefficient (Wildman–Crippen LogP) is 0.548. The summed E-state index contributed by atoms with van der Waals surface area (Å²) in [5.41, 5.74) is 4.70. The van der Waals surface area contributed by atoms with E-state index in [4.69, 9.17) is 5.73 Å². The molecule has 20 heavy (non-hydrogen) atoms. The molecule has 114 valence electrons. The Morgan fingerprint density at radius 1 is 1.30 bits per heavy atom. The van der Waals surface area contributed by atoms with Crippen molar-refractivity contribution in [3.63, 3.8) is 0 Å². The van der Waals surface area contributed by atoms with Crippen LogP contribution in [0.15, 0.2) is 0 Å². The Balaban J connectivity index is 2.40. The summed E-state index contributed by atoms with van der Waals surface area (Å²) in [6, 6.07) is 0.161. The molecule has 0 saturated carbocycles. The first-order valence-corrected chi connectivity index (χ1v) is 7.17. The van der Waals surface area contributed by atoms with E-state index in [-0.39, 0.29) is 23.8 Å². The number of rotatable bonds is 8. The number of hydrogen-bond donors (Lipinski definition) is 2. The van der Waals surface area contributed by atoms with Gasteiger partial charge in [-0.2, -0.15) is 0 Å². The minimum atomic E-state index is -0.743. The zero-order valence-corrected chi connectivity index (χ0v) is 12.6. The van der Waals surface area contributed by atoms with Crippen LogP contribution in [0.5, 0.6) is 0 Å². The average molecular weight is 283 g/mol. The quantitative estimate of drug-likeness (QED) is 0.502. The molecule has 0 aliphatic carbocycles. The van der Waals surface area contributed by atoms with Crippen molar-refractivity contribution >= 4 is 17.7 Å². The van der Waals surface area contributed by atoms with Crippen LogP contribution in [0.4, 0.5) is 0 Å². The molecule has 3 N–H and O–H groups in total. The highest BCUT2D eigenvalue weighted by atomic mass is 16.2. The number of primary amides is 1. The molecule has 0 radical (unpaired) electrons. The molecular formula is C14H25N3O3. The molecule has 0 aromatic heterocycles. The molecule has 1 heterocycles. The highest BCUT2D eigenvalue weighted by Crippen LogP contribution is 2.17. The van der Waals surface area contributed by atoms with E-state index in [0.29, 0.717) is 32.2 Å². The van der Waals surface area contributed by atoms with Crippen LogP contribution >= 0.6 is 0 Å². The lowest BCUT2D eigenvalue weighted by Gasteiger charge is -2.30. The summed E-state index contributed by atoms with van der Waals surface area (Å²) in [5, 5.41) is 3.18. The highest BCUT2D eigenvalue weighted by molar-refractivity contribution is 6.01. The van der Waals surface area contributed by atoms with Crippen LogP contribution in [0.1, 0.15) is 52.9 Å². The Morgan fingerprint density at radius 3 is 2.30 bits per heavy atom. The Kier molecular flexibility index (Phi) is 5.68. The van der Waals surface area contributed by atoms with Gasteiger partial charge in [-0.25, -0.2) is 0 Å². The van der Waals surface area contributed by atoms with Crippen molar-refractivity contribution in [1.29, 1.82) is 0 Å². The summed E-state index contributed by atoms with van der Waals surface area (Å²) in [6.07, 6.45) is 2.67. The molecule has 1 saturated heterocycles. The number of nitrogens with one attached hydrogen (secondary N) is 1. The second-order valence-corrected chi connectivity index (χ2v) is 5.89. The standard InChI is InChI=1S/C14H25N3O3/c1-10(2)16-14(3,13(15)20)8-4-5-9-17-11(18)6-7-12(17)19/h10,16H,4-9H2,1-3H3,(H2,15,20). The van der Waals surface area contributed by atoms with E-state index in [1.807, 2.05) is 13.8 Å². The number of unbranched alkanes of at least 4 members (excludes halogenated alkanes) is 1. The number of likely N-dealkylation sites (tertiary alicyclic amines) is 1. The number of hydrogen-bond acceptors (Lipinski definition) is 4. The maximum absolute atomic E-state index is 11.6. The second kappa shape index (κ2) is 6.83. The van der Waals surface area contributed by atoms with Gasteiger partial charge < -0.3 is 11.1 Å². The van der Waals surface area contributed by atoms with Crippen LogP contribution in [0.3, 0.4) is 0 Å². The lowest BCUT2D eigenvalue weighted by atomic mass is 9.93. The smallest absolute Gasteiger partial charge is 0.237 e. The fourth-order valence-electron chi connectivity index (χ4n) is 2.52. The first kappa shape index (κ1) is 16.6. The molecule has 0 spiro atoms. The largest absolute Gasteiger partial charge is 0.368 e. The van der Waals surface area contributed by atoms with Crippen LogP contribution in [0.25, 0.3) is 0 Å². The zero-order valence-electron chi connectivity index (χ0n) is 12.6. The predicted molar refractivity (Wildman–Crippen MR) is 75.7 cm³/mol. The molecule has 1 aliphatic heterocycles. The Hall–Kier alpha value is -1.43. The van der Waals surface area contributed by atoms with Crippen molar-refractivity contribution in [3.05, 3.63) is 0 Å². The van der Waals surface area contributed by atoms with Crippen molar-refractivity contribution in [2.24, 2.45) is 5.73 Å². The normalized spacial score (nSPS) is 18.7. The van der Waals surface area contributed by atoms with Crippen molar-refractivity contribution in [2.45, 2.75) is 64.5 Å². The van der Waals surface area contributed by atoms with E-state index in [9.17, 15) is 14.4 Å². The Labute approximate surface area is 120 Å². The van der Waals surface area contributed by atoms with Crippen molar-refractivity contribution in [2.75, 3.05) is 6.54 Å². The number of nitrogens with two attached hydrogens (primary N) is 1. The Bertz CT molecular complexity index is 379. The van der Waals surface area contributed by atoms with E-state index < -0.39 is 5.54 Å². The van der Waals surface area contributed by atoms with Gasteiger partial charge in [0.2, 0.25) is 17.7 Å². The summed E-state index contributed by atoms with van der Waals surface area (Å²) in [5.74, 6) is -0.555. The van der Waals surface area contributed by atoms with Gasteiger partial charge >= 0.3 is 0 Å². The third-order valence-electron chi connectivity index (χ3n) is 3.61. The van der Waals surface area contributed by atoms with Gasteiger partial charge in [0, 0.05) is 25.4 Å². The molecule has 3 amide bonds.